The molecule has 0 unspecified atom stereocenters. The van der Waals surface area contributed by atoms with Crippen molar-refractivity contribution in [1.29, 1.82) is 0 Å². The Morgan fingerprint density at radius 2 is 1.85 bits per heavy atom. The number of aryl methyl sites for hydroxylation is 1. The van der Waals surface area contributed by atoms with Crippen LogP contribution in [0.3, 0.4) is 0 Å². The quantitative estimate of drug-likeness (QED) is 0.508. The second-order valence-electron chi connectivity index (χ2n) is 3.42. The van der Waals surface area contributed by atoms with Gasteiger partial charge in [-0.2, -0.15) is 0 Å². The largest absolute Gasteiger partial charge is 0.294 e. The fraction of sp³-hybridized carbons (Fsp3) is 0.250. The molecule has 1 aromatic rings. The first-order valence-electron chi connectivity index (χ1n) is 4.34. The van der Waals surface area contributed by atoms with Crippen molar-refractivity contribution in [3.8, 4) is 0 Å². The summed E-state index contributed by atoms with van der Waals surface area (Å²) in [4.78, 5) is 11.5. The van der Waals surface area contributed by atoms with Crippen LogP contribution in [-0.4, -0.2) is 5.78 Å². The summed E-state index contributed by atoms with van der Waals surface area (Å²) >= 11 is 0. The van der Waals surface area contributed by atoms with Crippen LogP contribution in [-0.2, 0) is 0 Å². The van der Waals surface area contributed by atoms with Crippen molar-refractivity contribution in [2.45, 2.75) is 20.3 Å². The van der Waals surface area contributed by atoms with Crippen molar-refractivity contribution in [2.24, 2.45) is 0 Å². The van der Waals surface area contributed by atoms with Gasteiger partial charge < -0.3 is 0 Å². The van der Waals surface area contributed by atoms with Crippen molar-refractivity contribution in [2.75, 3.05) is 0 Å². The van der Waals surface area contributed by atoms with Crippen LogP contribution in [0.2, 0.25) is 0 Å². The van der Waals surface area contributed by atoms with Gasteiger partial charge in [0, 0.05) is 12.0 Å². The Bertz CT molecular complexity index is 319. The van der Waals surface area contributed by atoms with Gasteiger partial charge >= 0.3 is 0 Å². The summed E-state index contributed by atoms with van der Waals surface area (Å²) < 4.78 is 0. The smallest absolute Gasteiger partial charge is 0.166 e. The summed E-state index contributed by atoms with van der Waals surface area (Å²) in [6, 6.07) is 7.62. The maximum absolute atomic E-state index is 11.5. The van der Waals surface area contributed by atoms with E-state index in [1.54, 1.807) is 0 Å². The highest BCUT2D eigenvalue weighted by molar-refractivity contribution is 5.97. The number of Topliss-reactive ketones (excluding diaryl/α,β-unsaturated/α-hetero) is 1. The second kappa shape index (κ2) is 4.04. The molecule has 0 N–H and O–H groups in total. The molecule has 0 spiro atoms. The lowest BCUT2D eigenvalue weighted by Gasteiger charge is -2.00. The number of ketones is 1. The van der Waals surface area contributed by atoms with Crippen molar-refractivity contribution < 1.29 is 4.79 Å². The molecule has 1 aromatic carbocycles. The van der Waals surface area contributed by atoms with Crippen molar-refractivity contribution in [1.82, 2.24) is 0 Å². The SMILES string of the molecule is C=C(C)CC(=O)c1ccc(C)cc1. The minimum absolute atomic E-state index is 0.146. The van der Waals surface area contributed by atoms with E-state index in [9.17, 15) is 4.79 Å². The molecular formula is C12H14O. The van der Waals surface area contributed by atoms with Crippen LogP contribution in [0, 0.1) is 6.92 Å². The molecule has 0 fully saturated rings. The maximum Gasteiger partial charge on any atom is 0.166 e. The molecule has 0 heterocycles. The minimum Gasteiger partial charge on any atom is -0.294 e. The predicted octanol–water partition coefficient (Wildman–Crippen LogP) is 3.14. The summed E-state index contributed by atoms with van der Waals surface area (Å²) in [5.41, 5.74) is 2.85. The molecule has 1 rings (SSSR count). The zero-order valence-electron chi connectivity index (χ0n) is 8.13. The fourth-order valence-corrected chi connectivity index (χ4v) is 1.12. The maximum atomic E-state index is 11.5. The Hall–Kier alpha value is -1.37. The minimum atomic E-state index is 0.146. The lowest BCUT2D eigenvalue weighted by molar-refractivity contribution is 0.0993. The van der Waals surface area contributed by atoms with Gasteiger partial charge in [0.05, 0.1) is 0 Å². The van der Waals surface area contributed by atoms with E-state index < -0.39 is 0 Å². The summed E-state index contributed by atoms with van der Waals surface area (Å²) in [6.45, 7) is 7.59. The van der Waals surface area contributed by atoms with Gasteiger partial charge in [0.1, 0.15) is 0 Å². The molecule has 68 valence electrons. The molecule has 13 heavy (non-hydrogen) atoms. The Labute approximate surface area is 79.1 Å². The standard InChI is InChI=1S/C12H14O/c1-9(2)8-12(13)11-6-4-10(3)5-7-11/h4-7H,1,8H2,2-3H3. The average Bonchev–Trinajstić information content (AvgIpc) is 2.04. The summed E-state index contributed by atoms with van der Waals surface area (Å²) in [7, 11) is 0. The number of carbonyl (C=O) groups excluding carboxylic acids is 1. The molecule has 1 nitrogen and oxygen atoms in total. The molecule has 0 amide bonds. The normalized spacial score (nSPS) is 9.69. The summed E-state index contributed by atoms with van der Waals surface area (Å²) in [5.74, 6) is 0.146. The number of allylic oxidation sites excluding steroid dienone is 1. The number of rotatable bonds is 3. The van der Waals surface area contributed by atoms with Crippen molar-refractivity contribution in [3.05, 3.63) is 47.5 Å². The number of hydrogen-bond acceptors (Lipinski definition) is 1. The number of carbonyl (C=O) groups is 1. The van der Waals surface area contributed by atoms with Crippen LogP contribution >= 0.6 is 0 Å². The van der Waals surface area contributed by atoms with E-state index in [1.165, 1.54) is 5.56 Å². The fourth-order valence-electron chi connectivity index (χ4n) is 1.12. The zero-order chi connectivity index (χ0) is 9.84. The van der Waals surface area contributed by atoms with Crippen LogP contribution in [0.25, 0.3) is 0 Å². The van der Waals surface area contributed by atoms with Gasteiger partial charge in [-0.05, 0) is 13.8 Å². The lowest BCUT2D eigenvalue weighted by atomic mass is 10.0. The van der Waals surface area contributed by atoms with E-state index in [4.69, 9.17) is 0 Å². The molecule has 0 radical (unpaired) electrons. The van der Waals surface area contributed by atoms with Crippen LogP contribution < -0.4 is 0 Å². The van der Waals surface area contributed by atoms with Gasteiger partial charge in [0.2, 0.25) is 0 Å². The van der Waals surface area contributed by atoms with Crippen LogP contribution in [0.4, 0.5) is 0 Å². The highest BCUT2D eigenvalue weighted by Crippen LogP contribution is 2.08. The molecule has 0 saturated heterocycles. The van der Waals surface area contributed by atoms with Gasteiger partial charge in [-0.25, -0.2) is 0 Å². The molecule has 1 heteroatoms. The van der Waals surface area contributed by atoms with E-state index in [2.05, 4.69) is 6.58 Å². The molecule has 0 aliphatic carbocycles. The number of benzene rings is 1. The molecular weight excluding hydrogens is 160 g/mol. The zero-order valence-corrected chi connectivity index (χ0v) is 8.13. The van der Waals surface area contributed by atoms with E-state index >= 15 is 0 Å². The monoisotopic (exact) mass is 174 g/mol. The number of hydrogen-bond donors (Lipinski definition) is 0. The highest BCUT2D eigenvalue weighted by atomic mass is 16.1. The molecule has 0 aliphatic heterocycles. The van der Waals surface area contributed by atoms with E-state index in [1.807, 2.05) is 38.1 Å². The van der Waals surface area contributed by atoms with Gasteiger partial charge in [-0.3, -0.25) is 4.79 Å². The second-order valence-corrected chi connectivity index (χ2v) is 3.42. The third-order valence-electron chi connectivity index (χ3n) is 1.84. The molecule has 0 atom stereocenters. The Kier molecular flexibility index (Phi) is 3.02. The third kappa shape index (κ3) is 2.86. The van der Waals surface area contributed by atoms with Crippen LogP contribution in [0.1, 0.15) is 29.3 Å². The topological polar surface area (TPSA) is 17.1 Å². The van der Waals surface area contributed by atoms with Crippen molar-refractivity contribution >= 4 is 5.78 Å². The van der Waals surface area contributed by atoms with Gasteiger partial charge in [0.25, 0.3) is 0 Å². The first-order valence-corrected chi connectivity index (χ1v) is 4.34. The van der Waals surface area contributed by atoms with E-state index in [0.717, 1.165) is 11.1 Å². The highest BCUT2D eigenvalue weighted by Gasteiger charge is 2.04. The molecule has 0 aliphatic rings. The van der Waals surface area contributed by atoms with Gasteiger partial charge in [0.15, 0.2) is 5.78 Å². The first-order chi connectivity index (χ1) is 6.09. The first kappa shape index (κ1) is 9.72. The van der Waals surface area contributed by atoms with Crippen molar-refractivity contribution in [3.63, 3.8) is 0 Å². The third-order valence-corrected chi connectivity index (χ3v) is 1.84. The lowest BCUT2D eigenvalue weighted by Crippen LogP contribution is -1.98. The van der Waals surface area contributed by atoms with Gasteiger partial charge in [-0.15, -0.1) is 0 Å². The molecule has 0 aromatic heterocycles. The average molecular weight is 174 g/mol. The summed E-state index contributed by atoms with van der Waals surface area (Å²) in [6.07, 6.45) is 0.447. The Morgan fingerprint density at radius 3 is 2.31 bits per heavy atom. The molecule has 0 bridgehead atoms. The Morgan fingerprint density at radius 1 is 1.31 bits per heavy atom. The van der Waals surface area contributed by atoms with E-state index in [-0.39, 0.29) is 5.78 Å². The van der Waals surface area contributed by atoms with Crippen LogP contribution in [0.5, 0.6) is 0 Å². The predicted molar refractivity (Wildman–Crippen MR) is 54.9 cm³/mol. The van der Waals surface area contributed by atoms with Crippen LogP contribution in [0.15, 0.2) is 36.4 Å². The van der Waals surface area contributed by atoms with E-state index in [0.29, 0.717) is 6.42 Å². The molecule has 0 saturated carbocycles. The van der Waals surface area contributed by atoms with Gasteiger partial charge in [-0.1, -0.05) is 42.0 Å². The summed E-state index contributed by atoms with van der Waals surface area (Å²) in [5, 5.41) is 0. The Balaban J connectivity index is 2.78.